The van der Waals surface area contributed by atoms with Gasteiger partial charge in [0.25, 0.3) is 0 Å². The Morgan fingerprint density at radius 1 is 1.12 bits per heavy atom. The Kier molecular flexibility index (Phi) is 5.11. The number of carbonyl (C=O) groups is 1. The molecule has 0 fully saturated rings. The molecule has 2 aromatic carbocycles. The summed E-state index contributed by atoms with van der Waals surface area (Å²) in [6, 6.07) is 14.3. The van der Waals surface area contributed by atoms with Crippen molar-refractivity contribution in [2.45, 2.75) is 20.5 Å². The van der Waals surface area contributed by atoms with Gasteiger partial charge in [0.15, 0.2) is 0 Å². The van der Waals surface area contributed by atoms with Crippen molar-refractivity contribution in [3.05, 3.63) is 81.1 Å². The molecule has 0 unspecified atom stereocenters. The molecule has 0 N–H and O–H groups in total. The van der Waals surface area contributed by atoms with Crippen LogP contribution in [-0.4, -0.2) is 15.7 Å². The van der Waals surface area contributed by atoms with E-state index in [1.165, 1.54) is 0 Å². The fourth-order valence-corrected chi connectivity index (χ4v) is 2.79. The van der Waals surface area contributed by atoms with Crippen LogP contribution in [0.25, 0.3) is 5.69 Å². The van der Waals surface area contributed by atoms with Crippen LogP contribution in [0.4, 0.5) is 0 Å². The van der Waals surface area contributed by atoms with E-state index in [1.807, 2.05) is 38.1 Å². The van der Waals surface area contributed by atoms with Crippen molar-refractivity contribution in [2.24, 2.45) is 0 Å². The van der Waals surface area contributed by atoms with Crippen LogP contribution in [0.15, 0.2) is 48.5 Å². The van der Waals surface area contributed by atoms with Gasteiger partial charge in [-0.05, 0) is 38.1 Å². The normalized spacial score (nSPS) is 10.7. The average molecular weight is 375 g/mol. The molecular formula is C19H16Cl2N2O2. The Labute approximate surface area is 155 Å². The number of aryl methyl sites for hydroxylation is 1. The van der Waals surface area contributed by atoms with Gasteiger partial charge in [0, 0.05) is 10.6 Å². The third-order valence-electron chi connectivity index (χ3n) is 3.85. The van der Waals surface area contributed by atoms with Gasteiger partial charge in [-0.15, -0.1) is 0 Å². The largest absolute Gasteiger partial charge is 0.457 e. The van der Waals surface area contributed by atoms with Crippen molar-refractivity contribution < 1.29 is 9.53 Å². The summed E-state index contributed by atoms with van der Waals surface area (Å²) in [5.41, 5.74) is 3.51. The standard InChI is InChI=1S/C19H16Cl2N2O2/c1-12-18(21)13(2)23(22-12)16-8-5-7-14(10-16)19(24)25-11-15-6-3-4-9-17(15)20/h3-10H,11H2,1-2H3. The highest BCUT2D eigenvalue weighted by atomic mass is 35.5. The lowest BCUT2D eigenvalue weighted by Crippen LogP contribution is -2.07. The minimum atomic E-state index is -0.422. The number of carbonyl (C=O) groups excluding carboxylic acids is 1. The summed E-state index contributed by atoms with van der Waals surface area (Å²) in [7, 11) is 0. The number of hydrogen-bond acceptors (Lipinski definition) is 3. The lowest BCUT2D eigenvalue weighted by atomic mass is 10.2. The fraction of sp³-hybridized carbons (Fsp3) is 0.158. The second-order valence-corrected chi connectivity index (χ2v) is 6.40. The SMILES string of the molecule is Cc1nn(-c2cccc(C(=O)OCc3ccccc3Cl)c2)c(C)c1Cl. The fourth-order valence-electron chi connectivity index (χ4n) is 2.48. The first-order chi connectivity index (χ1) is 12.0. The van der Waals surface area contributed by atoms with E-state index in [1.54, 1.807) is 28.9 Å². The van der Waals surface area contributed by atoms with Crippen molar-refractivity contribution in [3.63, 3.8) is 0 Å². The van der Waals surface area contributed by atoms with Gasteiger partial charge < -0.3 is 4.74 Å². The summed E-state index contributed by atoms with van der Waals surface area (Å²) in [6.45, 7) is 3.84. The predicted molar refractivity (Wildman–Crippen MR) is 98.6 cm³/mol. The number of hydrogen-bond donors (Lipinski definition) is 0. The van der Waals surface area contributed by atoms with E-state index >= 15 is 0 Å². The van der Waals surface area contributed by atoms with Crippen molar-refractivity contribution in [2.75, 3.05) is 0 Å². The Balaban J connectivity index is 1.80. The van der Waals surface area contributed by atoms with Gasteiger partial charge in [-0.3, -0.25) is 0 Å². The minimum Gasteiger partial charge on any atom is -0.457 e. The molecule has 128 valence electrons. The first-order valence-corrected chi connectivity index (χ1v) is 8.45. The van der Waals surface area contributed by atoms with Crippen molar-refractivity contribution in [1.82, 2.24) is 9.78 Å². The number of benzene rings is 2. The summed E-state index contributed by atoms with van der Waals surface area (Å²) in [5.74, 6) is -0.422. The van der Waals surface area contributed by atoms with Crippen LogP contribution in [-0.2, 0) is 11.3 Å². The molecule has 3 rings (SSSR count). The smallest absolute Gasteiger partial charge is 0.338 e. The quantitative estimate of drug-likeness (QED) is 0.592. The molecule has 4 nitrogen and oxygen atoms in total. The molecule has 0 radical (unpaired) electrons. The minimum absolute atomic E-state index is 0.120. The number of nitrogens with zero attached hydrogens (tertiary/aromatic N) is 2. The second kappa shape index (κ2) is 7.30. The monoisotopic (exact) mass is 374 g/mol. The Morgan fingerprint density at radius 3 is 2.56 bits per heavy atom. The average Bonchev–Trinajstić information content (AvgIpc) is 2.88. The number of esters is 1. The molecule has 0 saturated carbocycles. The van der Waals surface area contributed by atoms with Gasteiger partial charge >= 0.3 is 5.97 Å². The molecule has 0 spiro atoms. The molecule has 0 aliphatic heterocycles. The molecule has 0 aliphatic carbocycles. The molecular weight excluding hydrogens is 359 g/mol. The van der Waals surface area contributed by atoms with E-state index in [9.17, 15) is 4.79 Å². The van der Waals surface area contributed by atoms with E-state index in [2.05, 4.69) is 5.10 Å². The second-order valence-electron chi connectivity index (χ2n) is 5.61. The van der Waals surface area contributed by atoms with E-state index < -0.39 is 5.97 Å². The zero-order valence-corrected chi connectivity index (χ0v) is 15.3. The van der Waals surface area contributed by atoms with Crippen LogP contribution in [0.2, 0.25) is 10.0 Å². The summed E-state index contributed by atoms with van der Waals surface area (Å²) in [6.07, 6.45) is 0. The maximum atomic E-state index is 12.3. The molecule has 0 atom stereocenters. The van der Waals surface area contributed by atoms with Crippen LogP contribution in [0.3, 0.4) is 0 Å². The summed E-state index contributed by atoms with van der Waals surface area (Å²) >= 11 is 12.3. The topological polar surface area (TPSA) is 44.1 Å². The van der Waals surface area contributed by atoms with Crippen LogP contribution in [0, 0.1) is 13.8 Å². The lowest BCUT2D eigenvalue weighted by molar-refractivity contribution is 0.0473. The van der Waals surface area contributed by atoms with Gasteiger partial charge in [0.05, 0.1) is 27.7 Å². The highest BCUT2D eigenvalue weighted by Gasteiger charge is 2.14. The lowest BCUT2D eigenvalue weighted by Gasteiger charge is -2.09. The molecule has 0 aliphatic rings. The van der Waals surface area contributed by atoms with Crippen LogP contribution >= 0.6 is 23.2 Å². The summed E-state index contributed by atoms with van der Waals surface area (Å²) in [4.78, 5) is 12.3. The van der Waals surface area contributed by atoms with Crippen LogP contribution in [0.1, 0.15) is 27.3 Å². The van der Waals surface area contributed by atoms with Crippen LogP contribution < -0.4 is 0 Å². The third kappa shape index (κ3) is 3.70. The first kappa shape index (κ1) is 17.5. The molecule has 0 bridgehead atoms. The molecule has 1 heterocycles. The van der Waals surface area contributed by atoms with Gasteiger partial charge in [-0.2, -0.15) is 5.10 Å². The van der Waals surface area contributed by atoms with Gasteiger partial charge in [-0.25, -0.2) is 9.48 Å². The highest BCUT2D eigenvalue weighted by molar-refractivity contribution is 6.32. The first-order valence-electron chi connectivity index (χ1n) is 7.70. The van der Waals surface area contributed by atoms with Crippen molar-refractivity contribution in [3.8, 4) is 5.69 Å². The summed E-state index contributed by atoms with van der Waals surface area (Å²) < 4.78 is 7.08. The van der Waals surface area contributed by atoms with Crippen LogP contribution in [0.5, 0.6) is 0 Å². The van der Waals surface area contributed by atoms with Gasteiger partial charge in [0.2, 0.25) is 0 Å². The van der Waals surface area contributed by atoms with E-state index in [0.717, 1.165) is 22.6 Å². The Hall–Kier alpha value is -2.30. The number of aromatic nitrogens is 2. The van der Waals surface area contributed by atoms with Crippen molar-refractivity contribution >= 4 is 29.2 Å². The number of halogens is 2. The van der Waals surface area contributed by atoms with E-state index in [4.69, 9.17) is 27.9 Å². The Bertz CT molecular complexity index is 935. The third-order valence-corrected chi connectivity index (χ3v) is 4.76. The van der Waals surface area contributed by atoms with E-state index in [-0.39, 0.29) is 6.61 Å². The predicted octanol–water partition coefficient (Wildman–Crippen LogP) is 5.15. The van der Waals surface area contributed by atoms with Gasteiger partial charge in [0.1, 0.15) is 6.61 Å². The number of rotatable bonds is 4. The maximum absolute atomic E-state index is 12.3. The molecule has 0 saturated heterocycles. The molecule has 6 heteroatoms. The van der Waals surface area contributed by atoms with Gasteiger partial charge in [-0.1, -0.05) is 47.5 Å². The van der Waals surface area contributed by atoms with E-state index in [0.29, 0.717) is 15.6 Å². The molecule has 3 aromatic rings. The highest BCUT2D eigenvalue weighted by Crippen LogP contribution is 2.23. The Morgan fingerprint density at radius 2 is 1.88 bits per heavy atom. The summed E-state index contributed by atoms with van der Waals surface area (Å²) in [5, 5.41) is 5.59. The van der Waals surface area contributed by atoms with Crippen molar-refractivity contribution in [1.29, 1.82) is 0 Å². The maximum Gasteiger partial charge on any atom is 0.338 e. The molecule has 25 heavy (non-hydrogen) atoms. The zero-order valence-electron chi connectivity index (χ0n) is 13.8. The molecule has 1 aromatic heterocycles. The number of ether oxygens (including phenoxy) is 1. The molecule has 0 amide bonds. The zero-order chi connectivity index (χ0) is 18.0.